The van der Waals surface area contributed by atoms with Gasteiger partial charge >= 0.3 is 0 Å². The number of thioether (sulfide) groups is 1. The van der Waals surface area contributed by atoms with E-state index in [9.17, 15) is 14.7 Å². The molecule has 1 amide bonds. The fourth-order valence-electron chi connectivity index (χ4n) is 1.94. The van der Waals surface area contributed by atoms with E-state index in [1.54, 1.807) is 18.2 Å². The molecule has 1 fully saturated rings. The van der Waals surface area contributed by atoms with Crippen LogP contribution >= 0.6 is 23.4 Å². The third-order valence-electron chi connectivity index (χ3n) is 2.68. The Labute approximate surface area is 114 Å². The minimum absolute atomic E-state index is 0.00929. The lowest BCUT2D eigenvalue weighted by atomic mass is 10.2. The van der Waals surface area contributed by atoms with Crippen molar-refractivity contribution in [3.05, 3.63) is 23.2 Å². The molecule has 0 radical (unpaired) electrons. The second-order valence-electron chi connectivity index (χ2n) is 4.05. The number of carbonyl (C=O) groups excluding carboxylic acids is 2. The monoisotopic (exact) mass is 285 g/mol. The van der Waals surface area contributed by atoms with Gasteiger partial charge < -0.3 is 10.0 Å². The summed E-state index contributed by atoms with van der Waals surface area (Å²) in [6.07, 6.45) is 0.302. The Hall–Kier alpha value is -1.20. The minimum Gasteiger partial charge on any atom is -0.504 e. The predicted molar refractivity (Wildman–Crippen MR) is 72.1 cm³/mol. The average molecular weight is 286 g/mol. The molecule has 4 nitrogen and oxygen atoms in total. The number of anilines is 1. The maximum atomic E-state index is 11.9. The molecular weight excluding hydrogens is 274 g/mol. The first-order valence-electron chi connectivity index (χ1n) is 5.44. The number of hydrogen-bond donors (Lipinski definition) is 1. The van der Waals surface area contributed by atoms with Crippen molar-refractivity contribution in [1.29, 1.82) is 0 Å². The van der Waals surface area contributed by atoms with E-state index in [1.165, 1.54) is 11.8 Å². The highest BCUT2D eigenvalue weighted by molar-refractivity contribution is 8.14. The third kappa shape index (κ3) is 2.62. The normalized spacial score (nSPS) is 19.3. The summed E-state index contributed by atoms with van der Waals surface area (Å²) in [7, 11) is 0. The molecule has 96 valence electrons. The Morgan fingerprint density at radius 1 is 1.56 bits per heavy atom. The van der Waals surface area contributed by atoms with Gasteiger partial charge in [0.2, 0.25) is 5.91 Å². The Morgan fingerprint density at radius 2 is 2.28 bits per heavy atom. The Morgan fingerprint density at radius 3 is 2.94 bits per heavy atom. The molecule has 0 aliphatic carbocycles. The Bertz CT molecular complexity index is 506. The van der Waals surface area contributed by atoms with Crippen LogP contribution in [0.2, 0.25) is 5.02 Å². The van der Waals surface area contributed by atoms with Gasteiger partial charge in [0.15, 0.2) is 10.9 Å². The molecule has 1 saturated heterocycles. The highest BCUT2D eigenvalue weighted by Crippen LogP contribution is 2.37. The standard InChI is InChI=1S/C12H12ClNO3S/c1-7(15)18-8-5-11(16)14(6-8)10-4-2-3-9(13)12(10)17/h2-4,8,17H,5-6H2,1H3. The molecule has 1 unspecified atom stereocenters. The first-order valence-corrected chi connectivity index (χ1v) is 6.70. The molecule has 0 aromatic heterocycles. The first kappa shape index (κ1) is 13.2. The molecule has 0 spiro atoms. The van der Waals surface area contributed by atoms with Gasteiger partial charge in [-0.25, -0.2) is 0 Å². The van der Waals surface area contributed by atoms with E-state index in [4.69, 9.17) is 11.6 Å². The van der Waals surface area contributed by atoms with Gasteiger partial charge in [0.05, 0.1) is 10.7 Å². The quantitative estimate of drug-likeness (QED) is 0.907. The van der Waals surface area contributed by atoms with Crippen molar-refractivity contribution >= 4 is 40.1 Å². The van der Waals surface area contributed by atoms with E-state index in [-0.39, 0.29) is 27.0 Å². The van der Waals surface area contributed by atoms with Crippen LogP contribution in [0.4, 0.5) is 5.69 Å². The molecule has 0 saturated carbocycles. The molecule has 1 aliphatic rings. The van der Waals surface area contributed by atoms with Crippen LogP contribution in [-0.4, -0.2) is 27.9 Å². The number of phenols is 1. The van der Waals surface area contributed by atoms with Crippen LogP contribution in [0.15, 0.2) is 18.2 Å². The Balaban J connectivity index is 2.22. The van der Waals surface area contributed by atoms with Gasteiger partial charge in [-0.05, 0) is 12.1 Å². The third-order valence-corrected chi connectivity index (χ3v) is 3.96. The molecule has 2 rings (SSSR count). The topological polar surface area (TPSA) is 57.6 Å². The summed E-state index contributed by atoms with van der Waals surface area (Å²) in [5.41, 5.74) is 0.402. The van der Waals surface area contributed by atoms with E-state index in [2.05, 4.69) is 0 Å². The number of phenolic OH excluding ortho intramolecular Hbond substituents is 1. The van der Waals surface area contributed by atoms with Gasteiger partial charge in [0.1, 0.15) is 0 Å². The van der Waals surface area contributed by atoms with Crippen LogP contribution in [0, 0.1) is 0 Å². The molecule has 1 heterocycles. The van der Waals surface area contributed by atoms with Crippen molar-refractivity contribution in [2.45, 2.75) is 18.6 Å². The summed E-state index contributed by atoms with van der Waals surface area (Å²) >= 11 is 6.97. The van der Waals surface area contributed by atoms with Gasteiger partial charge in [-0.2, -0.15) is 0 Å². The van der Waals surface area contributed by atoms with Gasteiger partial charge in [-0.1, -0.05) is 29.4 Å². The Kier molecular flexibility index (Phi) is 3.82. The number of carbonyl (C=O) groups is 2. The second-order valence-corrected chi connectivity index (χ2v) is 5.93. The lowest BCUT2D eigenvalue weighted by molar-refractivity contribution is -0.117. The van der Waals surface area contributed by atoms with Crippen molar-refractivity contribution < 1.29 is 14.7 Å². The number of aromatic hydroxyl groups is 1. The molecule has 0 bridgehead atoms. The highest BCUT2D eigenvalue weighted by atomic mass is 35.5. The SMILES string of the molecule is CC(=O)SC1CC(=O)N(c2cccc(Cl)c2O)C1. The van der Waals surface area contributed by atoms with Crippen LogP contribution in [0.1, 0.15) is 13.3 Å². The molecule has 1 N–H and O–H groups in total. The first-order chi connectivity index (χ1) is 8.49. The molecule has 1 atom stereocenters. The number of hydrogen-bond acceptors (Lipinski definition) is 4. The van der Waals surface area contributed by atoms with E-state index in [0.29, 0.717) is 18.7 Å². The molecule has 18 heavy (non-hydrogen) atoms. The molecule has 1 aromatic rings. The smallest absolute Gasteiger partial charge is 0.228 e. The van der Waals surface area contributed by atoms with E-state index in [0.717, 1.165) is 11.8 Å². The molecule has 1 aliphatic heterocycles. The minimum atomic E-state index is -0.105. The zero-order chi connectivity index (χ0) is 13.3. The van der Waals surface area contributed by atoms with Crippen molar-refractivity contribution in [3.8, 4) is 5.75 Å². The fourth-order valence-corrected chi connectivity index (χ4v) is 3.03. The van der Waals surface area contributed by atoms with Crippen molar-refractivity contribution in [2.75, 3.05) is 11.4 Å². The van der Waals surface area contributed by atoms with Crippen molar-refractivity contribution in [3.63, 3.8) is 0 Å². The number of rotatable bonds is 2. The lowest BCUT2D eigenvalue weighted by Gasteiger charge is -2.18. The molecular formula is C12H12ClNO3S. The lowest BCUT2D eigenvalue weighted by Crippen LogP contribution is -2.25. The number of benzene rings is 1. The number of para-hydroxylation sites is 1. The second kappa shape index (κ2) is 5.20. The van der Waals surface area contributed by atoms with Gasteiger partial charge in [0.25, 0.3) is 0 Å². The van der Waals surface area contributed by atoms with Gasteiger partial charge in [0, 0.05) is 25.1 Å². The van der Waals surface area contributed by atoms with E-state index < -0.39 is 0 Å². The summed E-state index contributed by atoms with van der Waals surface area (Å²) in [5, 5.41) is 9.98. The van der Waals surface area contributed by atoms with Crippen LogP contribution < -0.4 is 4.90 Å². The van der Waals surface area contributed by atoms with Crippen LogP contribution in [0.5, 0.6) is 5.75 Å². The number of halogens is 1. The summed E-state index contributed by atoms with van der Waals surface area (Å²) in [6.45, 7) is 1.89. The highest BCUT2D eigenvalue weighted by Gasteiger charge is 2.33. The van der Waals surface area contributed by atoms with E-state index in [1.807, 2.05) is 0 Å². The maximum absolute atomic E-state index is 11.9. The van der Waals surface area contributed by atoms with Crippen LogP contribution in [-0.2, 0) is 9.59 Å². The van der Waals surface area contributed by atoms with Crippen molar-refractivity contribution in [1.82, 2.24) is 0 Å². The summed E-state index contributed by atoms with van der Waals surface area (Å²) in [4.78, 5) is 24.4. The van der Waals surface area contributed by atoms with Crippen molar-refractivity contribution in [2.24, 2.45) is 0 Å². The van der Waals surface area contributed by atoms with E-state index >= 15 is 0 Å². The van der Waals surface area contributed by atoms with Crippen LogP contribution in [0.3, 0.4) is 0 Å². The van der Waals surface area contributed by atoms with Gasteiger partial charge in [-0.15, -0.1) is 0 Å². The predicted octanol–water partition coefficient (Wildman–Crippen LogP) is 2.43. The summed E-state index contributed by atoms with van der Waals surface area (Å²) in [6, 6.07) is 4.87. The average Bonchev–Trinajstić information content (AvgIpc) is 2.62. The molecule has 1 aromatic carbocycles. The molecule has 6 heteroatoms. The summed E-state index contributed by atoms with van der Waals surface area (Å²) in [5.74, 6) is -0.202. The number of amides is 1. The van der Waals surface area contributed by atoms with Crippen LogP contribution in [0.25, 0.3) is 0 Å². The largest absolute Gasteiger partial charge is 0.504 e. The zero-order valence-corrected chi connectivity index (χ0v) is 11.3. The fraction of sp³-hybridized carbons (Fsp3) is 0.333. The summed E-state index contributed by atoms with van der Waals surface area (Å²) < 4.78 is 0. The van der Waals surface area contributed by atoms with Gasteiger partial charge in [-0.3, -0.25) is 9.59 Å². The zero-order valence-electron chi connectivity index (χ0n) is 9.72. The maximum Gasteiger partial charge on any atom is 0.228 e. The number of nitrogens with zero attached hydrogens (tertiary/aromatic N) is 1.